The zero-order valence-electron chi connectivity index (χ0n) is 24.6. The Kier molecular flexibility index (Phi) is 8.14. The molecule has 1 saturated heterocycles. The van der Waals surface area contributed by atoms with Gasteiger partial charge in [0.2, 0.25) is 0 Å². The molecule has 2 aromatic rings. The summed E-state index contributed by atoms with van der Waals surface area (Å²) in [4.78, 5) is 2.51. The SMILES string of the molecule is C=C1CCN2CCC(CC2)Cc2cccc(c2F)[C@@H](C)N/C(N)=c2\cc(C3(C)CC3)c(=C)n(c2=N)CCC(C)N1. The van der Waals surface area contributed by atoms with Crippen molar-refractivity contribution in [3.63, 3.8) is 0 Å². The molecule has 0 spiro atoms. The minimum atomic E-state index is -0.335. The first-order chi connectivity index (χ1) is 19.1. The van der Waals surface area contributed by atoms with Crippen molar-refractivity contribution in [3.05, 3.63) is 75.1 Å². The Labute approximate surface area is 238 Å². The van der Waals surface area contributed by atoms with Gasteiger partial charge in [0.15, 0.2) is 0 Å². The van der Waals surface area contributed by atoms with Crippen LogP contribution in [0.15, 0.2) is 36.5 Å². The molecule has 3 aliphatic heterocycles. The molecule has 6 bridgehead atoms. The van der Waals surface area contributed by atoms with Crippen molar-refractivity contribution in [1.29, 1.82) is 5.41 Å². The molecule has 5 N–H and O–H groups in total. The molecule has 1 aromatic carbocycles. The Hall–Kier alpha value is -3.06. The molecule has 1 unspecified atom stereocenters. The van der Waals surface area contributed by atoms with E-state index in [0.717, 1.165) is 86.8 Å². The first-order valence-electron chi connectivity index (χ1n) is 15.0. The Morgan fingerprint density at radius 1 is 1.05 bits per heavy atom. The van der Waals surface area contributed by atoms with E-state index in [2.05, 4.69) is 42.5 Å². The molecule has 1 aromatic heterocycles. The molecule has 40 heavy (non-hydrogen) atoms. The van der Waals surface area contributed by atoms with Gasteiger partial charge in [-0.25, -0.2) is 4.39 Å². The van der Waals surface area contributed by atoms with E-state index < -0.39 is 0 Å². The Balaban J connectivity index is 1.54. The van der Waals surface area contributed by atoms with E-state index in [9.17, 15) is 0 Å². The molecule has 216 valence electrons. The Morgan fingerprint density at radius 2 is 1.77 bits per heavy atom. The third kappa shape index (κ3) is 5.99. The fourth-order valence-corrected chi connectivity index (χ4v) is 6.47. The normalized spacial score (nSPS) is 28.6. The number of rotatable bonds is 1. The lowest BCUT2D eigenvalue weighted by atomic mass is 9.88. The summed E-state index contributed by atoms with van der Waals surface area (Å²) >= 11 is 0. The van der Waals surface area contributed by atoms with Gasteiger partial charge in [-0.05, 0) is 100 Å². The van der Waals surface area contributed by atoms with Crippen LogP contribution >= 0.6 is 0 Å². The summed E-state index contributed by atoms with van der Waals surface area (Å²) in [7, 11) is 0. The van der Waals surface area contributed by atoms with E-state index in [1.807, 2.05) is 35.8 Å². The Bertz CT molecular complexity index is 1430. The summed E-state index contributed by atoms with van der Waals surface area (Å²) in [6.07, 6.45) is 6.88. The maximum atomic E-state index is 15.8. The van der Waals surface area contributed by atoms with Gasteiger partial charge in [0.25, 0.3) is 0 Å². The van der Waals surface area contributed by atoms with E-state index >= 15 is 4.39 Å². The van der Waals surface area contributed by atoms with Crippen LogP contribution in [0.1, 0.15) is 82.0 Å². The first-order valence-corrected chi connectivity index (χ1v) is 15.0. The van der Waals surface area contributed by atoms with E-state index in [1.54, 1.807) is 0 Å². The van der Waals surface area contributed by atoms with Crippen LogP contribution in [0.25, 0.3) is 12.4 Å². The Morgan fingerprint density at radius 3 is 2.48 bits per heavy atom. The molecular formula is C33H47FN6. The number of nitrogens with two attached hydrogens (primary N) is 1. The lowest BCUT2D eigenvalue weighted by Crippen LogP contribution is -2.49. The minimum absolute atomic E-state index is 0.0622. The first kappa shape index (κ1) is 28.5. The summed E-state index contributed by atoms with van der Waals surface area (Å²) in [5.41, 5.74) is 10.7. The molecule has 2 atom stereocenters. The molecule has 2 fully saturated rings. The number of hydrogen-bond donors (Lipinski definition) is 4. The fourth-order valence-electron chi connectivity index (χ4n) is 6.47. The number of halogens is 1. The molecule has 0 radical (unpaired) electrons. The maximum absolute atomic E-state index is 15.8. The van der Waals surface area contributed by atoms with E-state index in [4.69, 9.17) is 11.1 Å². The van der Waals surface area contributed by atoms with Crippen LogP contribution in [0.2, 0.25) is 0 Å². The number of nitrogens with one attached hydrogen (secondary N) is 3. The highest BCUT2D eigenvalue weighted by atomic mass is 19.1. The fraction of sp³-hybridized carbons (Fsp3) is 0.545. The van der Waals surface area contributed by atoms with Gasteiger partial charge in [-0.2, -0.15) is 0 Å². The average molecular weight is 547 g/mol. The van der Waals surface area contributed by atoms with Crippen LogP contribution in [-0.2, 0) is 18.4 Å². The number of aromatic nitrogens is 1. The molecule has 4 aliphatic rings. The van der Waals surface area contributed by atoms with Crippen molar-refractivity contribution >= 4 is 12.4 Å². The minimum Gasteiger partial charge on any atom is -0.386 e. The molecule has 6 nitrogen and oxygen atoms in total. The predicted octanol–water partition coefficient (Wildman–Crippen LogP) is 3.48. The molecule has 4 heterocycles. The number of fused-ring (bicyclic) bond motifs is 10. The number of benzene rings is 1. The number of pyridine rings is 1. The second kappa shape index (κ2) is 11.4. The largest absolute Gasteiger partial charge is 0.386 e. The lowest BCUT2D eigenvalue weighted by molar-refractivity contribution is 0.184. The van der Waals surface area contributed by atoms with Crippen molar-refractivity contribution in [1.82, 2.24) is 20.1 Å². The highest BCUT2D eigenvalue weighted by Crippen LogP contribution is 2.45. The van der Waals surface area contributed by atoms with Gasteiger partial charge >= 0.3 is 0 Å². The van der Waals surface area contributed by atoms with Gasteiger partial charge < -0.3 is 25.8 Å². The lowest BCUT2D eigenvalue weighted by Gasteiger charge is -2.32. The van der Waals surface area contributed by atoms with Gasteiger partial charge in [-0.15, -0.1) is 0 Å². The van der Waals surface area contributed by atoms with Crippen molar-refractivity contribution in [2.75, 3.05) is 19.6 Å². The van der Waals surface area contributed by atoms with Crippen molar-refractivity contribution in [3.8, 4) is 0 Å². The number of nitrogens with zero attached hydrogens (tertiary/aromatic N) is 2. The summed E-state index contributed by atoms with van der Waals surface area (Å²) in [5.74, 6) is 0.751. The molecule has 1 saturated carbocycles. The standard InChI is InChI=1S/C33H47FN6/c1-21-9-15-39-16-11-25(12-17-39)19-26-7-6-8-27(30(26)34)23(3)38-31(35)28-20-29(33(5)13-14-33)24(4)40(32(28)36)18-10-22(2)37-21/h6-8,20,22-23,25,36-38H,1,4,9-19,35H2,2-3,5H3/b31-28+,36-32?/t22?,23-/m1/s1. The topological polar surface area (TPSA) is 82.1 Å². The zero-order valence-corrected chi connectivity index (χ0v) is 24.6. The van der Waals surface area contributed by atoms with Crippen molar-refractivity contribution in [2.45, 2.75) is 89.8 Å². The molecular weight excluding hydrogens is 499 g/mol. The van der Waals surface area contributed by atoms with Crippen LogP contribution in [0.4, 0.5) is 4.39 Å². The maximum Gasteiger partial charge on any atom is 0.136 e. The summed E-state index contributed by atoms with van der Waals surface area (Å²) < 4.78 is 17.8. The van der Waals surface area contributed by atoms with Gasteiger partial charge in [0.1, 0.15) is 17.1 Å². The van der Waals surface area contributed by atoms with Gasteiger partial charge in [0, 0.05) is 35.7 Å². The average Bonchev–Trinajstić information content (AvgIpc) is 3.66. The van der Waals surface area contributed by atoms with E-state index in [0.29, 0.717) is 34.6 Å². The molecule has 6 rings (SSSR count). The van der Waals surface area contributed by atoms with Gasteiger partial charge in [-0.3, -0.25) is 5.41 Å². The van der Waals surface area contributed by atoms with Crippen molar-refractivity contribution < 1.29 is 4.39 Å². The number of hydrogen-bond acceptors (Lipinski definition) is 5. The predicted molar refractivity (Wildman–Crippen MR) is 161 cm³/mol. The second-order valence-corrected chi connectivity index (χ2v) is 12.8. The molecule has 0 amide bonds. The highest BCUT2D eigenvalue weighted by Gasteiger charge is 2.40. The van der Waals surface area contributed by atoms with E-state index in [-0.39, 0.29) is 23.3 Å². The van der Waals surface area contributed by atoms with Crippen LogP contribution < -0.4 is 32.4 Å². The van der Waals surface area contributed by atoms with Gasteiger partial charge in [-0.1, -0.05) is 38.3 Å². The second-order valence-electron chi connectivity index (χ2n) is 12.8. The highest BCUT2D eigenvalue weighted by molar-refractivity contribution is 5.42. The van der Waals surface area contributed by atoms with E-state index in [1.165, 1.54) is 0 Å². The third-order valence-corrected chi connectivity index (χ3v) is 9.52. The smallest absolute Gasteiger partial charge is 0.136 e. The summed E-state index contributed by atoms with van der Waals surface area (Å²) in [5, 5.41) is 17.6. The van der Waals surface area contributed by atoms with Crippen LogP contribution in [-0.4, -0.2) is 35.1 Å². The molecule has 1 aliphatic carbocycles. The summed E-state index contributed by atoms with van der Waals surface area (Å²) in [6, 6.07) is 7.66. The quantitative estimate of drug-likeness (QED) is 0.442. The number of piperidine rings is 1. The summed E-state index contributed by atoms with van der Waals surface area (Å²) in [6.45, 7) is 18.8. The van der Waals surface area contributed by atoms with Crippen molar-refractivity contribution in [2.24, 2.45) is 11.7 Å². The zero-order chi connectivity index (χ0) is 28.6. The van der Waals surface area contributed by atoms with Crippen LogP contribution in [0, 0.1) is 17.1 Å². The van der Waals surface area contributed by atoms with Crippen LogP contribution in [0.5, 0.6) is 0 Å². The van der Waals surface area contributed by atoms with Gasteiger partial charge in [0.05, 0.1) is 11.3 Å². The molecule has 7 heteroatoms. The van der Waals surface area contributed by atoms with Crippen LogP contribution in [0.3, 0.4) is 0 Å². The third-order valence-electron chi connectivity index (χ3n) is 9.52. The monoisotopic (exact) mass is 546 g/mol.